The van der Waals surface area contributed by atoms with Crippen LogP contribution in [0, 0.1) is 5.92 Å². The zero-order valence-corrected chi connectivity index (χ0v) is 14.9. The van der Waals surface area contributed by atoms with Gasteiger partial charge in [-0.05, 0) is 43.7 Å². The third kappa shape index (κ3) is 3.38. The zero-order chi connectivity index (χ0) is 17.9. The molecule has 1 aromatic carbocycles. The fourth-order valence-electron chi connectivity index (χ4n) is 3.93. The number of ether oxygens (including phenoxy) is 2. The van der Waals surface area contributed by atoms with Crippen LogP contribution in [0.15, 0.2) is 30.9 Å². The summed E-state index contributed by atoms with van der Waals surface area (Å²) >= 11 is 0. The van der Waals surface area contributed by atoms with Gasteiger partial charge in [-0.3, -0.25) is 4.79 Å². The molecule has 26 heavy (non-hydrogen) atoms. The standard InChI is InChI=1S/C19H24N4O3/c1-25-17-4-2-3-13-9-14(10-26-18(13)17)19(24)22-15-5-7-16(8-6-15)23-12-20-11-21-23/h2-4,11-12,14-16H,5-10H2,1H3,(H,22,24). The lowest BCUT2D eigenvalue weighted by molar-refractivity contribution is -0.127. The Hall–Kier alpha value is -2.57. The summed E-state index contributed by atoms with van der Waals surface area (Å²) in [5.41, 5.74) is 1.03. The molecular weight excluding hydrogens is 332 g/mol. The molecule has 1 saturated carbocycles. The van der Waals surface area contributed by atoms with E-state index in [1.165, 1.54) is 0 Å². The van der Waals surface area contributed by atoms with E-state index in [1.807, 2.05) is 22.9 Å². The number of methoxy groups -OCH3 is 1. The molecule has 1 unspecified atom stereocenters. The third-order valence-electron chi connectivity index (χ3n) is 5.40. The van der Waals surface area contributed by atoms with Gasteiger partial charge in [0, 0.05) is 6.04 Å². The largest absolute Gasteiger partial charge is 0.493 e. The lowest BCUT2D eigenvalue weighted by Crippen LogP contribution is -2.44. The number of hydrogen-bond acceptors (Lipinski definition) is 5. The number of nitrogens with zero attached hydrogens (tertiary/aromatic N) is 3. The number of carbonyl (C=O) groups is 1. The SMILES string of the molecule is COc1cccc2c1OCC(C(=O)NC1CCC(n3cncn3)CC1)C2. The van der Waals surface area contributed by atoms with Gasteiger partial charge in [-0.15, -0.1) is 0 Å². The summed E-state index contributed by atoms with van der Waals surface area (Å²) in [7, 11) is 1.63. The van der Waals surface area contributed by atoms with E-state index in [-0.39, 0.29) is 17.9 Å². The van der Waals surface area contributed by atoms with Crippen molar-refractivity contribution in [2.75, 3.05) is 13.7 Å². The second kappa shape index (κ2) is 7.35. The van der Waals surface area contributed by atoms with Crippen LogP contribution in [0.25, 0.3) is 0 Å². The minimum Gasteiger partial charge on any atom is -0.493 e. The first-order valence-corrected chi connectivity index (χ1v) is 9.17. The Labute approximate surface area is 152 Å². The molecule has 138 valence electrons. The molecule has 0 saturated heterocycles. The number of fused-ring (bicyclic) bond motifs is 1. The molecule has 1 amide bonds. The molecular formula is C19H24N4O3. The Morgan fingerprint density at radius 2 is 2.15 bits per heavy atom. The summed E-state index contributed by atoms with van der Waals surface area (Å²) in [5, 5.41) is 7.44. The highest BCUT2D eigenvalue weighted by atomic mass is 16.5. The summed E-state index contributed by atoms with van der Waals surface area (Å²) < 4.78 is 13.1. The molecule has 7 nitrogen and oxygen atoms in total. The number of benzene rings is 1. The quantitative estimate of drug-likeness (QED) is 0.908. The van der Waals surface area contributed by atoms with E-state index in [0.29, 0.717) is 19.1 Å². The lowest BCUT2D eigenvalue weighted by Gasteiger charge is -2.31. The second-order valence-electron chi connectivity index (χ2n) is 7.05. The van der Waals surface area contributed by atoms with Gasteiger partial charge >= 0.3 is 0 Å². The van der Waals surface area contributed by atoms with Gasteiger partial charge in [0.05, 0.1) is 19.1 Å². The molecule has 1 N–H and O–H groups in total. The van der Waals surface area contributed by atoms with Gasteiger partial charge in [0.1, 0.15) is 19.3 Å². The molecule has 2 aromatic rings. The summed E-state index contributed by atoms with van der Waals surface area (Å²) in [6.45, 7) is 0.396. The summed E-state index contributed by atoms with van der Waals surface area (Å²) in [4.78, 5) is 16.7. The predicted octanol–water partition coefficient (Wildman–Crippen LogP) is 2.14. The van der Waals surface area contributed by atoms with Crippen LogP contribution in [0.5, 0.6) is 11.5 Å². The van der Waals surface area contributed by atoms with Crippen LogP contribution in [0.1, 0.15) is 37.3 Å². The van der Waals surface area contributed by atoms with Gasteiger partial charge in [0.25, 0.3) is 0 Å². The van der Waals surface area contributed by atoms with Crippen molar-refractivity contribution in [1.29, 1.82) is 0 Å². The maximum atomic E-state index is 12.7. The number of rotatable bonds is 4. The highest BCUT2D eigenvalue weighted by Crippen LogP contribution is 2.36. The molecule has 1 atom stereocenters. The van der Waals surface area contributed by atoms with Crippen molar-refractivity contribution in [2.45, 2.75) is 44.2 Å². The third-order valence-corrected chi connectivity index (χ3v) is 5.40. The van der Waals surface area contributed by atoms with E-state index in [9.17, 15) is 4.79 Å². The van der Waals surface area contributed by atoms with Crippen molar-refractivity contribution in [1.82, 2.24) is 20.1 Å². The van der Waals surface area contributed by atoms with Gasteiger partial charge < -0.3 is 14.8 Å². The second-order valence-corrected chi connectivity index (χ2v) is 7.05. The maximum absolute atomic E-state index is 12.7. The molecule has 7 heteroatoms. The number of amides is 1. The van der Waals surface area contributed by atoms with E-state index in [0.717, 1.165) is 42.7 Å². The number of carbonyl (C=O) groups excluding carboxylic acids is 1. The van der Waals surface area contributed by atoms with Crippen molar-refractivity contribution in [3.63, 3.8) is 0 Å². The number of hydrogen-bond donors (Lipinski definition) is 1. The van der Waals surface area contributed by atoms with Gasteiger partial charge in [-0.1, -0.05) is 12.1 Å². The highest BCUT2D eigenvalue weighted by Gasteiger charge is 2.30. The lowest BCUT2D eigenvalue weighted by atomic mass is 9.90. The van der Waals surface area contributed by atoms with Crippen molar-refractivity contribution < 1.29 is 14.3 Å². The molecule has 0 radical (unpaired) electrons. The predicted molar refractivity (Wildman–Crippen MR) is 95.1 cm³/mol. The molecule has 2 aliphatic rings. The molecule has 2 heterocycles. The average Bonchev–Trinajstić information content (AvgIpc) is 3.22. The number of nitrogens with one attached hydrogen (secondary N) is 1. The molecule has 1 aromatic heterocycles. The first-order chi connectivity index (χ1) is 12.7. The summed E-state index contributed by atoms with van der Waals surface area (Å²) in [6.07, 6.45) is 7.98. The van der Waals surface area contributed by atoms with Crippen LogP contribution in [0.4, 0.5) is 0 Å². The van der Waals surface area contributed by atoms with E-state index >= 15 is 0 Å². The van der Waals surface area contributed by atoms with E-state index in [1.54, 1.807) is 19.8 Å². The topological polar surface area (TPSA) is 78.3 Å². The molecule has 0 bridgehead atoms. The minimum absolute atomic E-state index is 0.0858. The Bertz CT molecular complexity index is 754. The van der Waals surface area contributed by atoms with E-state index in [4.69, 9.17) is 9.47 Å². The van der Waals surface area contributed by atoms with Gasteiger partial charge in [-0.2, -0.15) is 5.10 Å². The van der Waals surface area contributed by atoms with Crippen LogP contribution < -0.4 is 14.8 Å². The van der Waals surface area contributed by atoms with Crippen molar-refractivity contribution in [3.05, 3.63) is 36.4 Å². The Morgan fingerprint density at radius 1 is 1.31 bits per heavy atom. The minimum atomic E-state index is -0.150. The number of para-hydroxylation sites is 1. The molecule has 1 aliphatic heterocycles. The first kappa shape index (κ1) is 16.9. The van der Waals surface area contributed by atoms with Gasteiger partial charge in [0.2, 0.25) is 5.91 Å². The maximum Gasteiger partial charge on any atom is 0.227 e. The fraction of sp³-hybridized carbons (Fsp3) is 0.526. The van der Waals surface area contributed by atoms with Gasteiger partial charge in [0.15, 0.2) is 11.5 Å². The zero-order valence-electron chi connectivity index (χ0n) is 14.9. The molecule has 1 fully saturated rings. The number of aromatic nitrogens is 3. The monoisotopic (exact) mass is 356 g/mol. The van der Waals surface area contributed by atoms with Crippen LogP contribution >= 0.6 is 0 Å². The van der Waals surface area contributed by atoms with Crippen LogP contribution in [0.2, 0.25) is 0 Å². The smallest absolute Gasteiger partial charge is 0.227 e. The van der Waals surface area contributed by atoms with Crippen molar-refractivity contribution in [2.24, 2.45) is 5.92 Å². The first-order valence-electron chi connectivity index (χ1n) is 9.17. The summed E-state index contributed by atoms with van der Waals surface area (Å²) in [6, 6.07) is 6.44. The molecule has 4 rings (SSSR count). The Balaban J connectivity index is 1.32. The van der Waals surface area contributed by atoms with Crippen LogP contribution in [-0.2, 0) is 11.2 Å². The van der Waals surface area contributed by atoms with E-state index < -0.39 is 0 Å². The van der Waals surface area contributed by atoms with E-state index in [2.05, 4.69) is 15.4 Å². The molecule has 1 aliphatic carbocycles. The van der Waals surface area contributed by atoms with Crippen LogP contribution in [-0.4, -0.2) is 40.4 Å². The highest BCUT2D eigenvalue weighted by molar-refractivity contribution is 5.80. The Morgan fingerprint density at radius 3 is 2.88 bits per heavy atom. The average molecular weight is 356 g/mol. The summed E-state index contributed by atoms with van der Waals surface area (Å²) in [5.74, 6) is 1.44. The van der Waals surface area contributed by atoms with Gasteiger partial charge in [-0.25, -0.2) is 9.67 Å². The van der Waals surface area contributed by atoms with Crippen molar-refractivity contribution >= 4 is 5.91 Å². The van der Waals surface area contributed by atoms with Crippen molar-refractivity contribution in [3.8, 4) is 11.5 Å². The Kier molecular flexibility index (Phi) is 4.77. The normalized spacial score (nSPS) is 25.0. The fourth-order valence-corrected chi connectivity index (χ4v) is 3.93. The molecule has 0 spiro atoms. The van der Waals surface area contributed by atoms with Crippen LogP contribution in [0.3, 0.4) is 0 Å².